The van der Waals surface area contributed by atoms with E-state index in [2.05, 4.69) is 85.7 Å². The highest BCUT2D eigenvalue weighted by atomic mass is 15.3. The summed E-state index contributed by atoms with van der Waals surface area (Å²) in [5.74, 6) is 1.91. The normalized spacial score (nSPS) is 14.8. The molecule has 0 saturated carbocycles. The highest BCUT2D eigenvalue weighted by Crippen LogP contribution is 2.17. The molecule has 28 heavy (non-hydrogen) atoms. The van der Waals surface area contributed by atoms with E-state index in [9.17, 15) is 0 Å². The molecule has 0 bridgehead atoms. The van der Waals surface area contributed by atoms with Crippen LogP contribution in [0.2, 0.25) is 0 Å². The Balaban J connectivity index is 1.27. The van der Waals surface area contributed by atoms with Crippen LogP contribution in [0.4, 0.5) is 11.6 Å². The first kappa shape index (κ1) is 18.4. The Morgan fingerprint density at radius 2 is 1.46 bits per heavy atom. The Labute approximate surface area is 167 Å². The maximum Gasteiger partial charge on any atom is 0.134 e. The SMILES string of the molecule is c1ccc(CCNc2cc(N3CCN(Cc4ccccc4)CC3)ncn2)cc1. The zero-order valence-electron chi connectivity index (χ0n) is 16.2. The third kappa shape index (κ3) is 5.08. The molecule has 0 spiro atoms. The van der Waals surface area contributed by atoms with Crippen molar-refractivity contribution in [1.29, 1.82) is 0 Å². The van der Waals surface area contributed by atoms with Gasteiger partial charge in [-0.2, -0.15) is 0 Å². The summed E-state index contributed by atoms with van der Waals surface area (Å²) >= 11 is 0. The fourth-order valence-electron chi connectivity index (χ4n) is 3.57. The van der Waals surface area contributed by atoms with Crippen LogP contribution in [0.1, 0.15) is 11.1 Å². The van der Waals surface area contributed by atoms with Gasteiger partial charge in [0.1, 0.15) is 18.0 Å². The molecular formula is C23H27N5. The monoisotopic (exact) mass is 373 g/mol. The van der Waals surface area contributed by atoms with E-state index in [4.69, 9.17) is 0 Å². The second-order valence-electron chi connectivity index (χ2n) is 7.17. The van der Waals surface area contributed by atoms with Gasteiger partial charge >= 0.3 is 0 Å². The van der Waals surface area contributed by atoms with Gasteiger partial charge in [-0.25, -0.2) is 9.97 Å². The first-order valence-corrected chi connectivity index (χ1v) is 9.98. The van der Waals surface area contributed by atoms with Crippen LogP contribution in [0.15, 0.2) is 73.1 Å². The van der Waals surface area contributed by atoms with E-state index in [0.717, 1.165) is 57.3 Å². The van der Waals surface area contributed by atoms with Crippen LogP contribution in [0.3, 0.4) is 0 Å². The molecule has 1 aliphatic heterocycles. The van der Waals surface area contributed by atoms with Gasteiger partial charge in [0, 0.05) is 45.3 Å². The summed E-state index contributed by atoms with van der Waals surface area (Å²) in [6, 6.07) is 23.3. The molecule has 1 N–H and O–H groups in total. The minimum absolute atomic E-state index is 0.866. The Morgan fingerprint density at radius 1 is 0.786 bits per heavy atom. The number of anilines is 2. The third-order valence-electron chi connectivity index (χ3n) is 5.16. The van der Waals surface area contributed by atoms with E-state index >= 15 is 0 Å². The molecule has 4 rings (SSSR count). The van der Waals surface area contributed by atoms with Crippen LogP contribution in [0.25, 0.3) is 0 Å². The fourth-order valence-corrected chi connectivity index (χ4v) is 3.57. The van der Waals surface area contributed by atoms with Crippen LogP contribution in [0.5, 0.6) is 0 Å². The van der Waals surface area contributed by atoms with Crippen molar-refractivity contribution in [2.24, 2.45) is 0 Å². The number of hydrogen-bond acceptors (Lipinski definition) is 5. The molecule has 0 radical (unpaired) electrons. The summed E-state index contributed by atoms with van der Waals surface area (Å²) in [6.07, 6.45) is 2.65. The van der Waals surface area contributed by atoms with Gasteiger partial charge in [-0.15, -0.1) is 0 Å². The smallest absolute Gasteiger partial charge is 0.134 e. The van der Waals surface area contributed by atoms with Crippen molar-refractivity contribution in [2.45, 2.75) is 13.0 Å². The Bertz CT molecular complexity index is 845. The van der Waals surface area contributed by atoms with E-state index in [1.54, 1.807) is 6.33 Å². The van der Waals surface area contributed by atoms with Crippen molar-refractivity contribution >= 4 is 11.6 Å². The highest BCUT2D eigenvalue weighted by Gasteiger charge is 2.18. The van der Waals surface area contributed by atoms with Crippen molar-refractivity contribution in [3.63, 3.8) is 0 Å². The topological polar surface area (TPSA) is 44.3 Å². The number of piperazine rings is 1. The molecule has 1 aromatic heterocycles. The lowest BCUT2D eigenvalue weighted by atomic mass is 10.1. The van der Waals surface area contributed by atoms with Crippen LogP contribution in [-0.4, -0.2) is 47.6 Å². The van der Waals surface area contributed by atoms with Crippen molar-refractivity contribution in [3.05, 3.63) is 84.2 Å². The predicted octanol–water partition coefficient (Wildman–Crippen LogP) is 3.45. The number of benzene rings is 2. The molecule has 1 fully saturated rings. The zero-order valence-corrected chi connectivity index (χ0v) is 16.2. The molecule has 5 heteroatoms. The highest BCUT2D eigenvalue weighted by molar-refractivity contribution is 5.48. The summed E-state index contributed by atoms with van der Waals surface area (Å²) in [4.78, 5) is 13.7. The fraction of sp³-hybridized carbons (Fsp3) is 0.304. The molecule has 0 atom stereocenters. The summed E-state index contributed by atoms with van der Waals surface area (Å²) < 4.78 is 0. The van der Waals surface area contributed by atoms with E-state index in [-0.39, 0.29) is 0 Å². The maximum absolute atomic E-state index is 4.49. The molecule has 144 valence electrons. The van der Waals surface area contributed by atoms with E-state index in [1.807, 2.05) is 6.07 Å². The van der Waals surface area contributed by atoms with Gasteiger partial charge < -0.3 is 10.2 Å². The minimum atomic E-state index is 0.866. The second kappa shape index (κ2) is 9.33. The Kier molecular flexibility index (Phi) is 6.15. The van der Waals surface area contributed by atoms with Crippen molar-refractivity contribution in [3.8, 4) is 0 Å². The van der Waals surface area contributed by atoms with Crippen LogP contribution < -0.4 is 10.2 Å². The van der Waals surface area contributed by atoms with E-state index < -0.39 is 0 Å². The lowest BCUT2D eigenvalue weighted by molar-refractivity contribution is 0.249. The third-order valence-corrected chi connectivity index (χ3v) is 5.16. The largest absolute Gasteiger partial charge is 0.370 e. The molecule has 2 heterocycles. The van der Waals surface area contributed by atoms with Crippen molar-refractivity contribution in [1.82, 2.24) is 14.9 Å². The molecule has 1 saturated heterocycles. The molecule has 3 aromatic rings. The van der Waals surface area contributed by atoms with Gasteiger partial charge in [0.25, 0.3) is 0 Å². The summed E-state index contributed by atoms with van der Waals surface area (Å²) in [5.41, 5.74) is 2.71. The van der Waals surface area contributed by atoms with Gasteiger partial charge in [-0.3, -0.25) is 4.90 Å². The van der Waals surface area contributed by atoms with Crippen molar-refractivity contribution < 1.29 is 0 Å². The number of nitrogens with one attached hydrogen (secondary N) is 1. The summed E-state index contributed by atoms with van der Waals surface area (Å²) in [7, 11) is 0. The van der Waals surface area contributed by atoms with Crippen LogP contribution in [-0.2, 0) is 13.0 Å². The molecule has 0 aliphatic carbocycles. The average Bonchev–Trinajstić information content (AvgIpc) is 2.76. The summed E-state index contributed by atoms with van der Waals surface area (Å²) in [5, 5.41) is 3.43. The molecule has 5 nitrogen and oxygen atoms in total. The maximum atomic E-state index is 4.49. The van der Waals surface area contributed by atoms with Gasteiger partial charge in [0.2, 0.25) is 0 Å². The molecule has 0 amide bonds. The lowest BCUT2D eigenvalue weighted by Crippen LogP contribution is -2.46. The van der Waals surface area contributed by atoms with Crippen LogP contribution >= 0.6 is 0 Å². The first-order valence-electron chi connectivity index (χ1n) is 9.98. The number of nitrogens with zero attached hydrogens (tertiary/aromatic N) is 4. The molecule has 2 aromatic carbocycles. The average molecular weight is 374 g/mol. The van der Waals surface area contributed by atoms with E-state index in [1.165, 1.54) is 11.1 Å². The van der Waals surface area contributed by atoms with Gasteiger partial charge in [-0.05, 0) is 17.5 Å². The van der Waals surface area contributed by atoms with E-state index in [0.29, 0.717) is 0 Å². The van der Waals surface area contributed by atoms with Gasteiger partial charge in [-0.1, -0.05) is 60.7 Å². The van der Waals surface area contributed by atoms with Gasteiger partial charge in [0.15, 0.2) is 0 Å². The number of hydrogen-bond donors (Lipinski definition) is 1. The number of aromatic nitrogens is 2. The lowest BCUT2D eigenvalue weighted by Gasteiger charge is -2.35. The van der Waals surface area contributed by atoms with Gasteiger partial charge in [0.05, 0.1) is 0 Å². The molecular weight excluding hydrogens is 346 g/mol. The van der Waals surface area contributed by atoms with Crippen LogP contribution in [0, 0.1) is 0 Å². The summed E-state index contributed by atoms with van der Waals surface area (Å²) in [6.45, 7) is 5.97. The molecule has 1 aliphatic rings. The first-order chi connectivity index (χ1) is 13.9. The second-order valence-corrected chi connectivity index (χ2v) is 7.17. The van der Waals surface area contributed by atoms with Crippen molar-refractivity contribution in [2.75, 3.05) is 42.9 Å². The quantitative estimate of drug-likeness (QED) is 0.687. The zero-order chi connectivity index (χ0) is 19.0. The molecule has 0 unspecified atom stereocenters. The minimum Gasteiger partial charge on any atom is -0.370 e. The standard InChI is InChI=1S/C23H27N5/c1-3-7-20(8-4-1)11-12-24-22-17-23(26-19-25-22)28-15-13-27(14-16-28)18-21-9-5-2-6-10-21/h1-10,17,19H,11-16,18H2,(H,24,25,26). The Morgan fingerprint density at radius 3 is 2.18 bits per heavy atom. The Hall–Kier alpha value is -2.92. The predicted molar refractivity (Wildman–Crippen MR) is 115 cm³/mol. The number of rotatable bonds is 7.